The summed E-state index contributed by atoms with van der Waals surface area (Å²) in [6.07, 6.45) is 8.16. The van der Waals surface area contributed by atoms with Crippen molar-refractivity contribution in [2.45, 2.75) is 20.3 Å². The van der Waals surface area contributed by atoms with Gasteiger partial charge in [-0.3, -0.25) is 4.79 Å². The Bertz CT molecular complexity index is 1020. The average Bonchev–Trinajstić information content (AvgIpc) is 3.02. The summed E-state index contributed by atoms with van der Waals surface area (Å²) < 4.78 is 13.4. The molecule has 3 rings (SSSR count). The molecule has 2 aromatic rings. The molecule has 0 aromatic heterocycles. The third-order valence-corrected chi connectivity index (χ3v) is 5.42. The molecule has 0 saturated heterocycles. The van der Waals surface area contributed by atoms with E-state index in [0.29, 0.717) is 6.42 Å². The first-order valence-electron chi connectivity index (χ1n) is 10.5. The number of carbonyl (C=O) groups is 1. The van der Waals surface area contributed by atoms with Crippen LogP contribution < -0.4 is 5.32 Å². The van der Waals surface area contributed by atoms with Crippen LogP contribution in [-0.2, 0) is 11.2 Å². The van der Waals surface area contributed by atoms with Crippen molar-refractivity contribution in [3.05, 3.63) is 114 Å². The third-order valence-electron chi connectivity index (χ3n) is 5.42. The van der Waals surface area contributed by atoms with Gasteiger partial charge < -0.3 is 10.2 Å². The van der Waals surface area contributed by atoms with Gasteiger partial charge in [-0.15, -0.1) is 0 Å². The number of benzene rings is 2. The Morgan fingerprint density at radius 2 is 1.81 bits per heavy atom. The van der Waals surface area contributed by atoms with Gasteiger partial charge in [0.25, 0.3) is 5.91 Å². The lowest BCUT2D eigenvalue weighted by atomic mass is 9.88. The predicted octanol–water partition coefficient (Wildman–Crippen LogP) is 6.10. The highest BCUT2D eigenvalue weighted by molar-refractivity contribution is 6.05. The summed E-state index contributed by atoms with van der Waals surface area (Å²) in [4.78, 5) is 15.6. The lowest BCUT2D eigenvalue weighted by Crippen LogP contribution is -2.21. The van der Waals surface area contributed by atoms with Crippen LogP contribution in [0.2, 0.25) is 0 Å². The van der Waals surface area contributed by atoms with Gasteiger partial charge in [0, 0.05) is 35.6 Å². The van der Waals surface area contributed by atoms with Crippen molar-refractivity contribution in [2.75, 3.05) is 12.4 Å². The Balaban J connectivity index is 2.05. The fourth-order valence-corrected chi connectivity index (χ4v) is 4.10. The van der Waals surface area contributed by atoms with E-state index in [4.69, 9.17) is 0 Å². The van der Waals surface area contributed by atoms with Gasteiger partial charge in [-0.2, -0.15) is 0 Å². The molecule has 0 aliphatic carbocycles. The lowest BCUT2D eigenvalue weighted by Gasteiger charge is -2.23. The zero-order valence-electron chi connectivity index (χ0n) is 18.3. The Morgan fingerprint density at radius 3 is 2.42 bits per heavy atom. The van der Waals surface area contributed by atoms with Crippen LogP contribution in [0.15, 0.2) is 102 Å². The molecular formula is C27H29FN2O. The number of hydrogen-bond acceptors (Lipinski definition) is 2. The molecule has 1 heterocycles. The number of anilines is 1. The highest BCUT2D eigenvalue weighted by Gasteiger charge is 2.38. The van der Waals surface area contributed by atoms with Gasteiger partial charge in [0.1, 0.15) is 5.82 Å². The second kappa shape index (κ2) is 10.1. The maximum atomic E-state index is 13.5. The highest BCUT2D eigenvalue weighted by atomic mass is 19.1. The number of nitrogens with zero attached hydrogens (tertiary/aromatic N) is 1. The fraction of sp³-hybridized carbons (Fsp3) is 0.222. The van der Waals surface area contributed by atoms with Gasteiger partial charge in [0.15, 0.2) is 0 Å². The molecule has 1 aliphatic rings. The van der Waals surface area contributed by atoms with E-state index in [2.05, 4.69) is 30.6 Å². The van der Waals surface area contributed by atoms with E-state index in [1.807, 2.05) is 55.6 Å². The Hall–Kier alpha value is -3.40. The van der Waals surface area contributed by atoms with Gasteiger partial charge in [-0.1, -0.05) is 69.0 Å². The molecule has 1 aliphatic heterocycles. The van der Waals surface area contributed by atoms with Crippen LogP contribution in [0.3, 0.4) is 0 Å². The van der Waals surface area contributed by atoms with Crippen molar-refractivity contribution >= 4 is 11.6 Å². The maximum absolute atomic E-state index is 13.5. The quantitative estimate of drug-likeness (QED) is 0.553. The molecule has 2 aromatic carbocycles. The summed E-state index contributed by atoms with van der Waals surface area (Å²) in [6, 6.07) is 16.0. The van der Waals surface area contributed by atoms with Crippen molar-refractivity contribution in [2.24, 2.45) is 11.8 Å². The number of halogens is 1. The van der Waals surface area contributed by atoms with Crippen molar-refractivity contribution in [3.8, 4) is 0 Å². The van der Waals surface area contributed by atoms with Gasteiger partial charge in [-0.05, 0) is 48.2 Å². The Kier molecular flexibility index (Phi) is 7.24. The van der Waals surface area contributed by atoms with Gasteiger partial charge in [-0.25, -0.2) is 4.39 Å². The topological polar surface area (TPSA) is 32.3 Å². The molecule has 1 amide bonds. The van der Waals surface area contributed by atoms with Crippen LogP contribution in [0, 0.1) is 17.7 Å². The van der Waals surface area contributed by atoms with Crippen LogP contribution >= 0.6 is 0 Å². The van der Waals surface area contributed by atoms with Crippen molar-refractivity contribution in [1.29, 1.82) is 0 Å². The monoisotopic (exact) mass is 416 g/mol. The van der Waals surface area contributed by atoms with Crippen LogP contribution in [0.5, 0.6) is 0 Å². The van der Waals surface area contributed by atoms with Gasteiger partial charge in [0.05, 0.1) is 0 Å². The number of allylic oxidation sites excluding steroid dienone is 6. The Labute approximate surface area is 184 Å². The zero-order valence-corrected chi connectivity index (χ0v) is 18.3. The summed E-state index contributed by atoms with van der Waals surface area (Å²) in [5.74, 6) is -0.361. The second-order valence-electron chi connectivity index (χ2n) is 7.93. The van der Waals surface area contributed by atoms with Gasteiger partial charge >= 0.3 is 0 Å². The standard InChI is InChI=1S/C27H29FN2O/c1-5-6-8-13-24-23(18-20-14-16-21(28)17-15-20)25(26(19(2)3)30(24)4)27(31)29-22-11-9-7-10-12-22/h5-17,19,23H,1,18H2,2-4H3,(H,29,31)/b8-6-,24-13-. The molecule has 0 saturated carbocycles. The van der Waals surface area contributed by atoms with E-state index in [0.717, 1.165) is 28.2 Å². The minimum Gasteiger partial charge on any atom is -0.350 e. The van der Waals surface area contributed by atoms with E-state index < -0.39 is 0 Å². The van der Waals surface area contributed by atoms with E-state index in [1.165, 1.54) is 12.1 Å². The molecule has 0 spiro atoms. The third kappa shape index (κ3) is 5.21. The summed E-state index contributed by atoms with van der Waals surface area (Å²) >= 11 is 0. The first-order chi connectivity index (χ1) is 14.9. The number of amides is 1. The summed E-state index contributed by atoms with van der Waals surface area (Å²) in [5, 5.41) is 3.06. The van der Waals surface area contributed by atoms with E-state index in [9.17, 15) is 9.18 Å². The highest BCUT2D eigenvalue weighted by Crippen LogP contribution is 2.41. The zero-order chi connectivity index (χ0) is 22.4. The van der Waals surface area contributed by atoms with Gasteiger partial charge in [0.2, 0.25) is 0 Å². The molecule has 0 bridgehead atoms. The van der Waals surface area contributed by atoms with E-state index >= 15 is 0 Å². The molecule has 160 valence electrons. The Morgan fingerprint density at radius 1 is 1.13 bits per heavy atom. The number of rotatable bonds is 7. The molecule has 3 nitrogen and oxygen atoms in total. The second-order valence-corrected chi connectivity index (χ2v) is 7.93. The van der Waals surface area contributed by atoms with Crippen LogP contribution in [0.1, 0.15) is 19.4 Å². The largest absolute Gasteiger partial charge is 0.350 e. The molecule has 0 radical (unpaired) electrons. The minimum atomic E-state index is -0.266. The van der Waals surface area contributed by atoms with Crippen LogP contribution in [-0.4, -0.2) is 17.9 Å². The average molecular weight is 417 g/mol. The smallest absolute Gasteiger partial charge is 0.254 e. The lowest BCUT2D eigenvalue weighted by molar-refractivity contribution is -0.113. The molecular weight excluding hydrogens is 387 g/mol. The first-order valence-corrected chi connectivity index (χ1v) is 10.5. The normalized spacial score (nSPS) is 17.8. The van der Waals surface area contributed by atoms with Crippen LogP contribution in [0.4, 0.5) is 10.1 Å². The molecule has 4 heteroatoms. The number of nitrogens with one attached hydrogen (secondary N) is 1. The van der Waals surface area contributed by atoms with E-state index in [1.54, 1.807) is 18.2 Å². The van der Waals surface area contributed by atoms with E-state index in [-0.39, 0.29) is 23.6 Å². The molecule has 1 atom stereocenters. The van der Waals surface area contributed by atoms with Crippen LogP contribution in [0.25, 0.3) is 0 Å². The summed E-state index contributed by atoms with van der Waals surface area (Å²) in [5.41, 5.74) is 4.52. The number of para-hydroxylation sites is 1. The number of hydrogen-bond donors (Lipinski definition) is 1. The molecule has 1 N–H and O–H groups in total. The fourth-order valence-electron chi connectivity index (χ4n) is 4.10. The summed E-state index contributed by atoms with van der Waals surface area (Å²) in [7, 11) is 2.00. The molecule has 31 heavy (non-hydrogen) atoms. The SMILES string of the molecule is C=C/C=C\C=C1\C(Cc2ccc(F)cc2)C(C(=O)Nc2ccccc2)=C(C(C)C)N1C. The first kappa shape index (κ1) is 22.3. The minimum absolute atomic E-state index is 0.107. The van der Waals surface area contributed by atoms with Crippen molar-refractivity contribution < 1.29 is 9.18 Å². The van der Waals surface area contributed by atoms with Crippen molar-refractivity contribution in [1.82, 2.24) is 4.90 Å². The predicted molar refractivity (Wildman–Crippen MR) is 126 cm³/mol. The molecule has 0 fully saturated rings. The maximum Gasteiger partial charge on any atom is 0.254 e. The number of carbonyl (C=O) groups excluding carboxylic acids is 1. The summed E-state index contributed by atoms with van der Waals surface area (Å²) in [6.45, 7) is 7.93. The van der Waals surface area contributed by atoms with Crippen molar-refractivity contribution in [3.63, 3.8) is 0 Å². The molecule has 1 unspecified atom stereocenters.